The summed E-state index contributed by atoms with van der Waals surface area (Å²) in [5, 5.41) is 5.37. The molecule has 0 unspecified atom stereocenters. The van der Waals surface area contributed by atoms with Crippen molar-refractivity contribution < 1.29 is 14.3 Å². The molecule has 30 heavy (non-hydrogen) atoms. The van der Waals surface area contributed by atoms with Gasteiger partial charge in [0, 0.05) is 18.0 Å². The molecule has 2 aromatic carbocycles. The van der Waals surface area contributed by atoms with Crippen LogP contribution in [0, 0.1) is 0 Å². The van der Waals surface area contributed by atoms with Crippen molar-refractivity contribution in [2.75, 3.05) is 6.54 Å². The zero-order valence-electron chi connectivity index (χ0n) is 16.1. The highest BCUT2D eigenvalue weighted by Gasteiger charge is 2.09. The maximum Gasteiger partial charge on any atom is 0.251 e. The lowest BCUT2D eigenvalue weighted by molar-refractivity contribution is -0.120. The maximum atomic E-state index is 12.3. The number of amides is 2. The molecule has 0 aliphatic rings. The molecule has 0 atom stereocenters. The number of rotatable bonds is 7. The summed E-state index contributed by atoms with van der Waals surface area (Å²) in [7, 11) is 0. The van der Waals surface area contributed by atoms with Crippen LogP contribution in [-0.2, 0) is 11.3 Å². The van der Waals surface area contributed by atoms with Crippen LogP contribution >= 0.6 is 0 Å². The summed E-state index contributed by atoms with van der Waals surface area (Å²) in [4.78, 5) is 28.7. The van der Waals surface area contributed by atoms with Crippen molar-refractivity contribution >= 4 is 17.5 Å². The number of carbonyl (C=O) groups excluding carboxylic acids is 2. The number of benzene rings is 2. The second kappa shape index (κ2) is 8.91. The number of pyridine rings is 1. The Labute approximate surface area is 173 Å². The van der Waals surface area contributed by atoms with E-state index in [1.54, 1.807) is 24.3 Å². The molecule has 0 saturated carbocycles. The first-order chi connectivity index (χ1) is 14.7. The third-order valence-corrected chi connectivity index (χ3v) is 4.39. The summed E-state index contributed by atoms with van der Waals surface area (Å²) >= 11 is 0. The number of ether oxygens (including phenoxy) is 1. The van der Waals surface area contributed by atoms with E-state index in [0.29, 0.717) is 17.9 Å². The highest BCUT2D eigenvalue weighted by molar-refractivity contribution is 5.96. The van der Waals surface area contributed by atoms with Gasteiger partial charge >= 0.3 is 0 Å². The highest BCUT2D eigenvalue weighted by atomic mass is 16.5. The minimum atomic E-state index is -0.329. The molecular weight excluding hydrogens is 380 g/mol. The molecule has 7 nitrogen and oxygen atoms in total. The monoisotopic (exact) mass is 400 g/mol. The summed E-state index contributed by atoms with van der Waals surface area (Å²) in [5.41, 5.74) is 2.01. The number of nitrogens with one attached hydrogen (secondary N) is 2. The van der Waals surface area contributed by atoms with Crippen LogP contribution in [0.2, 0.25) is 0 Å². The van der Waals surface area contributed by atoms with Crippen LogP contribution in [0.15, 0.2) is 85.2 Å². The largest absolute Gasteiger partial charge is 0.457 e. The van der Waals surface area contributed by atoms with Crippen LogP contribution in [0.4, 0.5) is 0 Å². The van der Waals surface area contributed by atoms with Gasteiger partial charge in [-0.05, 0) is 48.5 Å². The Morgan fingerprint density at radius 2 is 1.60 bits per heavy atom. The average molecular weight is 400 g/mol. The number of imidazole rings is 1. The van der Waals surface area contributed by atoms with E-state index < -0.39 is 0 Å². The summed E-state index contributed by atoms with van der Waals surface area (Å²) in [5.74, 6) is 0.730. The van der Waals surface area contributed by atoms with E-state index in [-0.39, 0.29) is 18.4 Å². The lowest BCUT2D eigenvalue weighted by Crippen LogP contribution is -2.36. The lowest BCUT2D eigenvalue weighted by Gasteiger charge is -2.08. The van der Waals surface area contributed by atoms with E-state index in [4.69, 9.17) is 4.74 Å². The van der Waals surface area contributed by atoms with Crippen LogP contribution < -0.4 is 15.4 Å². The van der Waals surface area contributed by atoms with Gasteiger partial charge in [0.25, 0.3) is 5.91 Å². The standard InChI is InChI=1S/C23H20N4O3/c28-22(24-14-18-16-27-13-5-4-8-21(27)26-18)15-25-23(29)17-9-11-20(12-10-17)30-19-6-2-1-3-7-19/h1-13,16H,14-15H2,(H,24,28)(H,25,29). The van der Waals surface area contributed by atoms with Crippen molar-refractivity contribution in [3.63, 3.8) is 0 Å². The SMILES string of the molecule is O=C(CNC(=O)c1ccc(Oc2ccccc2)cc1)NCc1cn2ccccc2n1. The van der Waals surface area contributed by atoms with Crippen LogP contribution in [0.1, 0.15) is 16.1 Å². The van der Waals surface area contributed by atoms with Gasteiger partial charge in [-0.25, -0.2) is 4.98 Å². The topological polar surface area (TPSA) is 84.7 Å². The van der Waals surface area contributed by atoms with Gasteiger partial charge in [0.2, 0.25) is 5.91 Å². The average Bonchev–Trinajstić information content (AvgIpc) is 3.20. The normalized spacial score (nSPS) is 10.5. The Morgan fingerprint density at radius 1 is 0.867 bits per heavy atom. The van der Waals surface area contributed by atoms with E-state index in [9.17, 15) is 9.59 Å². The molecule has 4 rings (SSSR count). The number of para-hydroxylation sites is 1. The smallest absolute Gasteiger partial charge is 0.251 e. The third-order valence-electron chi connectivity index (χ3n) is 4.39. The number of hydrogen-bond donors (Lipinski definition) is 2. The van der Waals surface area contributed by atoms with Gasteiger partial charge < -0.3 is 19.8 Å². The Morgan fingerprint density at radius 3 is 2.37 bits per heavy atom. The molecule has 0 radical (unpaired) electrons. The predicted molar refractivity (Wildman–Crippen MR) is 112 cm³/mol. The second-order valence-electron chi connectivity index (χ2n) is 6.60. The van der Waals surface area contributed by atoms with Crippen LogP contribution in [0.3, 0.4) is 0 Å². The minimum absolute atomic E-state index is 0.117. The quantitative estimate of drug-likeness (QED) is 0.499. The first-order valence-electron chi connectivity index (χ1n) is 9.48. The number of aromatic nitrogens is 2. The van der Waals surface area contributed by atoms with Crippen LogP contribution in [-0.4, -0.2) is 27.7 Å². The maximum absolute atomic E-state index is 12.3. The zero-order chi connectivity index (χ0) is 20.8. The molecule has 150 valence electrons. The third kappa shape index (κ3) is 4.82. The fourth-order valence-electron chi connectivity index (χ4n) is 2.89. The van der Waals surface area contributed by atoms with Crippen molar-refractivity contribution in [2.45, 2.75) is 6.54 Å². The van der Waals surface area contributed by atoms with E-state index in [1.807, 2.05) is 65.3 Å². The minimum Gasteiger partial charge on any atom is -0.457 e. The molecule has 0 aliphatic heterocycles. The van der Waals surface area contributed by atoms with Gasteiger partial charge in [0.1, 0.15) is 17.1 Å². The van der Waals surface area contributed by atoms with Crippen LogP contribution in [0.5, 0.6) is 11.5 Å². The molecule has 0 spiro atoms. The molecule has 2 aromatic heterocycles. The summed E-state index contributed by atoms with van der Waals surface area (Å²) in [6.45, 7) is 0.177. The van der Waals surface area contributed by atoms with Crippen molar-refractivity contribution in [3.05, 3.63) is 96.4 Å². The first kappa shape index (κ1) is 19.2. The molecule has 2 heterocycles. The summed E-state index contributed by atoms with van der Waals surface area (Å²) in [6, 6.07) is 21.8. The van der Waals surface area contributed by atoms with Gasteiger partial charge in [-0.3, -0.25) is 9.59 Å². The molecule has 0 fully saturated rings. The molecule has 4 aromatic rings. The lowest BCUT2D eigenvalue weighted by atomic mass is 10.2. The molecule has 0 saturated heterocycles. The Hall–Kier alpha value is -4.13. The molecule has 0 bridgehead atoms. The van der Waals surface area contributed by atoms with Gasteiger partial charge in [-0.2, -0.15) is 0 Å². The van der Waals surface area contributed by atoms with Gasteiger partial charge in [0.15, 0.2) is 0 Å². The number of fused-ring (bicyclic) bond motifs is 1. The first-order valence-corrected chi connectivity index (χ1v) is 9.48. The molecular formula is C23H20N4O3. The van der Waals surface area contributed by atoms with E-state index in [1.165, 1.54) is 0 Å². The Bertz CT molecular complexity index is 1120. The number of carbonyl (C=O) groups is 2. The predicted octanol–water partition coefficient (Wildman–Crippen LogP) is 3.17. The van der Waals surface area contributed by atoms with E-state index in [0.717, 1.165) is 17.1 Å². The fourth-order valence-corrected chi connectivity index (χ4v) is 2.89. The highest BCUT2D eigenvalue weighted by Crippen LogP contribution is 2.21. The Balaban J connectivity index is 1.25. The van der Waals surface area contributed by atoms with E-state index in [2.05, 4.69) is 15.6 Å². The molecule has 7 heteroatoms. The van der Waals surface area contributed by atoms with Crippen molar-refractivity contribution in [2.24, 2.45) is 0 Å². The molecule has 2 amide bonds. The van der Waals surface area contributed by atoms with Crippen molar-refractivity contribution in [3.8, 4) is 11.5 Å². The fraction of sp³-hybridized carbons (Fsp3) is 0.0870. The van der Waals surface area contributed by atoms with E-state index >= 15 is 0 Å². The van der Waals surface area contributed by atoms with Gasteiger partial charge in [0.05, 0.1) is 18.8 Å². The summed E-state index contributed by atoms with van der Waals surface area (Å²) in [6.07, 6.45) is 3.75. The van der Waals surface area contributed by atoms with Crippen molar-refractivity contribution in [1.82, 2.24) is 20.0 Å². The summed E-state index contributed by atoms with van der Waals surface area (Å²) < 4.78 is 7.59. The second-order valence-corrected chi connectivity index (χ2v) is 6.60. The Kier molecular flexibility index (Phi) is 5.70. The number of nitrogens with zero attached hydrogens (tertiary/aromatic N) is 2. The van der Waals surface area contributed by atoms with Gasteiger partial charge in [-0.15, -0.1) is 0 Å². The van der Waals surface area contributed by atoms with Crippen molar-refractivity contribution in [1.29, 1.82) is 0 Å². The molecule has 2 N–H and O–H groups in total. The molecule has 0 aliphatic carbocycles. The van der Waals surface area contributed by atoms with Gasteiger partial charge in [-0.1, -0.05) is 24.3 Å². The van der Waals surface area contributed by atoms with Crippen LogP contribution in [0.25, 0.3) is 5.65 Å². The zero-order valence-corrected chi connectivity index (χ0v) is 16.1. The number of hydrogen-bond acceptors (Lipinski definition) is 4.